The third-order valence-corrected chi connectivity index (χ3v) is 14.6. The number of carbonyl (C=O) groups excluding carboxylic acids is 1. The molecule has 3 heterocycles. The molecule has 3 aromatic heterocycles. The Kier molecular flexibility index (Phi) is 11.4. The quantitative estimate of drug-likeness (QED) is 0.0646. The first-order valence-electron chi connectivity index (χ1n) is 15.8. The second-order valence-corrected chi connectivity index (χ2v) is 20.5. The monoisotopic (exact) mass is 721 g/mol. The average molecular weight is 722 g/mol. The summed E-state index contributed by atoms with van der Waals surface area (Å²) in [5, 5.41) is 10.7. The van der Waals surface area contributed by atoms with E-state index >= 15 is 0 Å². The van der Waals surface area contributed by atoms with Crippen LogP contribution in [0.5, 0.6) is 0 Å². The number of aryl methyl sites for hydroxylation is 4. The molecule has 4 aromatic rings. The topological polar surface area (TPSA) is 129 Å². The van der Waals surface area contributed by atoms with Gasteiger partial charge >= 0.3 is 5.97 Å². The number of esters is 1. The maximum absolute atomic E-state index is 13.2. The third-order valence-electron chi connectivity index (χ3n) is 9.22. The minimum atomic E-state index is -3.59. The maximum Gasteiger partial charge on any atom is 0.354 e. The van der Waals surface area contributed by atoms with Crippen LogP contribution >= 0.6 is 11.6 Å². The molecule has 0 saturated heterocycles. The van der Waals surface area contributed by atoms with Gasteiger partial charge in [0.2, 0.25) is 0 Å². The number of hydrogen-bond donors (Lipinski definition) is 0. The van der Waals surface area contributed by atoms with Crippen molar-refractivity contribution in [3.63, 3.8) is 0 Å². The minimum Gasteiger partial charge on any atom is -0.464 e. The van der Waals surface area contributed by atoms with Gasteiger partial charge < -0.3 is 18.5 Å². The molecule has 15 heteroatoms. The van der Waals surface area contributed by atoms with Crippen molar-refractivity contribution in [3.8, 4) is 11.1 Å². The van der Waals surface area contributed by atoms with Gasteiger partial charge in [-0.05, 0) is 55.6 Å². The van der Waals surface area contributed by atoms with Crippen molar-refractivity contribution in [2.24, 2.45) is 21.1 Å². The van der Waals surface area contributed by atoms with Gasteiger partial charge in [-0.25, -0.2) is 4.79 Å². The number of hydrogen-bond acceptors (Lipinski definition) is 9. The molecule has 0 spiro atoms. The predicted octanol–water partition coefficient (Wildman–Crippen LogP) is 6.21. The molecule has 0 aliphatic carbocycles. The van der Waals surface area contributed by atoms with Crippen LogP contribution in [-0.4, -0.2) is 66.8 Å². The van der Waals surface area contributed by atoms with Gasteiger partial charge in [0.05, 0.1) is 54.2 Å². The highest BCUT2D eigenvalue weighted by atomic mass is 35.5. The summed E-state index contributed by atoms with van der Waals surface area (Å²) in [4.78, 5) is 13.2. The molecule has 0 radical (unpaired) electrons. The standard InChI is InChI=1S/C33H48ClN5O7SSi/c1-21-28(27(36-38(21)6)20-44-18-22-17-23(39(7)35-22)19-45-47(9,41)42)29-26(34)15-14-25-24(31(32(40)43-8)37(5)30(25)29)13-12-16-46-48(10,11)33(2,3)4/h14-15,17H,12-13,16,18-20H2,1-11H3. The summed E-state index contributed by atoms with van der Waals surface area (Å²) in [6.07, 6.45) is 2.38. The smallest absolute Gasteiger partial charge is 0.354 e. The van der Waals surface area contributed by atoms with Crippen LogP contribution < -0.4 is 0 Å². The molecule has 0 aliphatic rings. The number of fused-ring (bicyclic) bond motifs is 1. The zero-order valence-corrected chi connectivity index (χ0v) is 32.4. The molecular weight excluding hydrogens is 674 g/mol. The Morgan fingerprint density at radius 3 is 2.33 bits per heavy atom. The summed E-state index contributed by atoms with van der Waals surface area (Å²) in [5.74, 6) is -0.417. The summed E-state index contributed by atoms with van der Waals surface area (Å²) in [6, 6.07) is 5.57. The molecule has 0 unspecified atom stereocenters. The van der Waals surface area contributed by atoms with Crippen LogP contribution in [0.25, 0.3) is 22.0 Å². The van der Waals surface area contributed by atoms with Gasteiger partial charge in [0.25, 0.3) is 10.1 Å². The average Bonchev–Trinajstić information content (AvgIpc) is 3.58. The largest absolute Gasteiger partial charge is 0.464 e. The first-order valence-corrected chi connectivity index (χ1v) is 20.9. The number of ether oxygens (including phenoxy) is 2. The Balaban J connectivity index is 1.67. The zero-order valence-electron chi connectivity index (χ0n) is 29.9. The Morgan fingerprint density at radius 2 is 1.71 bits per heavy atom. The van der Waals surface area contributed by atoms with Crippen LogP contribution in [0.1, 0.15) is 66.0 Å². The zero-order chi connectivity index (χ0) is 35.8. The van der Waals surface area contributed by atoms with Crippen molar-refractivity contribution in [1.82, 2.24) is 24.1 Å². The first kappa shape index (κ1) is 37.8. The molecule has 0 N–H and O–H groups in total. The van der Waals surface area contributed by atoms with E-state index in [4.69, 9.17) is 34.8 Å². The van der Waals surface area contributed by atoms with E-state index in [9.17, 15) is 13.2 Å². The van der Waals surface area contributed by atoms with Crippen molar-refractivity contribution >= 4 is 46.9 Å². The van der Waals surface area contributed by atoms with Gasteiger partial charge in [0.15, 0.2) is 8.32 Å². The normalized spacial score (nSPS) is 12.8. The molecule has 0 fully saturated rings. The van der Waals surface area contributed by atoms with Crippen molar-refractivity contribution in [3.05, 3.63) is 57.3 Å². The van der Waals surface area contributed by atoms with Crippen LogP contribution in [0.4, 0.5) is 0 Å². The Labute approximate surface area is 289 Å². The van der Waals surface area contributed by atoms with E-state index in [0.29, 0.717) is 40.8 Å². The van der Waals surface area contributed by atoms with Crippen LogP contribution in [0, 0.1) is 6.92 Å². The lowest BCUT2D eigenvalue weighted by Gasteiger charge is -2.36. The number of nitrogens with zero attached hydrogens (tertiary/aromatic N) is 5. The molecule has 12 nitrogen and oxygen atoms in total. The van der Waals surface area contributed by atoms with Crippen molar-refractivity contribution < 1.29 is 31.3 Å². The molecule has 0 saturated carbocycles. The van der Waals surface area contributed by atoms with Crippen molar-refractivity contribution in [1.29, 1.82) is 0 Å². The van der Waals surface area contributed by atoms with Gasteiger partial charge in [-0.2, -0.15) is 18.6 Å². The summed E-state index contributed by atoms with van der Waals surface area (Å²) in [6.45, 7) is 13.9. The number of halogens is 1. The predicted molar refractivity (Wildman–Crippen MR) is 189 cm³/mol. The fourth-order valence-electron chi connectivity index (χ4n) is 5.54. The molecule has 1 aromatic carbocycles. The van der Waals surface area contributed by atoms with Crippen LogP contribution in [-0.2, 0) is 75.6 Å². The second kappa shape index (κ2) is 14.5. The van der Waals surface area contributed by atoms with Crippen molar-refractivity contribution in [2.45, 2.75) is 78.5 Å². The summed E-state index contributed by atoms with van der Waals surface area (Å²) >= 11 is 6.98. The number of benzene rings is 1. The number of carbonyl (C=O) groups is 1. The van der Waals surface area contributed by atoms with Crippen LogP contribution in [0.3, 0.4) is 0 Å². The summed E-state index contributed by atoms with van der Waals surface area (Å²) < 4.78 is 50.8. The van der Waals surface area contributed by atoms with E-state index in [1.165, 1.54) is 7.11 Å². The summed E-state index contributed by atoms with van der Waals surface area (Å²) in [5.41, 5.74) is 6.52. The van der Waals surface area contributed by atoms with E-state index in [2.05, 4.69) is 39.0 Å². The Hall–Kier alpha value is -3.01. The Bertz CT molecular complexity index is 1920. The molecule has 264 valence electrons. The Morgan fingerprint density at radius 1 is 1.02 bits per heavy atom. The van der Waals surface area contributed by atoms with Gasteiger partial charge in [0, 0.05) is 50.0 Å². The van der Waals surface area contributed by atoms with Gasteiger partial charge in [-0.3, -0.25) is 13.5 Å². The van der Waals surface area contributed by atoms with Gasteiger partial charge in [0.1, 0.15) is 12.3 Å². The van der Waals surface area contributed by atoms with Gasteiger partial charge in [-0.15, -0.1) is 0 Å². The SMILES string of the molecule is COC(=O)c1c(CCCO[Si](C)(C)C(C)(C)C)c2ccc(Cl)c(-c3c(COCc4cc(COS(C)(=O)=O)n(C)n4)nn(C)c3C)c2n1C. The first-order chi connectivity index (χ1) is 22.3. The lowest BCUT2D eigenvalue weighted by molar-refractivity contribution is 0.0589. The van der Waals surface area contributed by atoms with E-state index in [0.717, 1.165) is 46.0 Å². The maximum atomic E-state index is 13.2. The molecule has 0 aliphatic heterocycles. The highest BCUT2D eigenvalue weighted by molar-refractivity contribution is 7.85. The van der Waals surface area contributed by atoms with Gasteiger partial charge in [-0.1, -0.05) is 38.4 Å². The van der Waals surface area contributed by atoms with E-state index < -0.39 is 24.4 Å². The van der Waals surface area contributed by atoms with Crippen LogP contribution in [0.2, 0.25) is 23.2 Å². The van der Waals surface area contributed by atoms with E-state index in [1.807, 2.05) is 37.7 Å². The second-order valence-electron chi connectivity index (χ2n) is 13.6. The molecule has 0 atom stereocenters. The summed E-state index contributed by atoms with van der Waals surface area (Å²) in [7, 11) is 1.32. The number of aromatic nitrogens is 5. The van der Waals surface area contributed by atoms with Crippen LogP contribution in [0.15, 0.2) is 18.2 Å². The van der Waals surface area contributed by atoms with E-state index in [1.54, 1.807) is 22.5 Å². The molecule has 4 rings (SSSR count). The molecule has 0 bridgehead atoms. The molecule has 0 amide bonds. The lowest BCUT2D eigenvalue weighted by Crippen LogP contribution is -2.41. The molecular formula is C33H48ClN5O7SSi. The number of rotatable bonds is 14. The highest BCUT2D eigenvalue weighted by Gasteiger charge is 2.37. The fraction of sp³-hybridized carbons (Fsp3) is 0.545. The van der Waals surface area contributed by atoms with Crippen molar-refractivity contribution in [2.75, 3.05) is 20.0 Å². The highest BCUT2D eigenvalue weighted by Crippen LogP contribution is 2.42. The minimum absolute atomic E-state index is 0.105. The number of methoxy groups -OCH3 is 1. The molecule has 48 heavy (non-hydrogen) atoms. The fourth-order valence-corrected chi connectivity index (χ4v) is 7.21. The third kappa shape index (κ3) is 8.06. The lowest BCUT2D eigenvalue weighted by atomic mass is 9.98. The van der Waals surface area contributed by atoms with E-state index in [-0.39, 0.29) is 24.9 Å².